The fourth-order valence-electron chi connectivity index (χ4n) is 3.57. The zero-order valence-electron chi connectivity index (χ0n) is 19.4. The summed E-state index contributed by atoms with van der Waals surface area (Å²) < 4.78 is 10.9. The van der Waals surface area contributed by atoms with Gasteiger partial charge in [-0.2, -0.15) is 0 Å². The average Bonchev–Trinajstić information content (AvgIpc) is 3.55. The Balaban J connectivity index is 1.38. The second kappa shape index (κ2) is 11.2. The third kappa shape index (κ3) is 5.82. The minimum absolute atomic E-state index is 0.252. The molecule has 4 rings (SSSR count). The lowest BCUT2D eigenvalue weighted by Gasteiger charge is -2.11. The molecule has 184 valence electrons. The molecule has 0 spiro atoms. The van der Waals surface area contributed by atoms with Crippen LogP contribution in [0.2, 0.25) is 0 Å². The first-order chi connectivity index (χ1) is 16.9. The van der Waals surface area contributed by atoms with E-state index in [0.29, 0.717) is 31.3 Å². The van der Waals surface area contributed by atoms with Crippen LogP contribution in [0.4, 0.5) is 10.1 Å². The molecule has 9 nitrogen and oxygen atoms in total. The molecule has 12 heteroatoms. The number of rotatable bonds is 9. The van der Waals surface area contributed by atoms with Gasteiger partial charge in [0.25, 0.3) is 5.91 Å². The van der Waals surface area contributed by atoms with Gasteiger partial charge in [-0.3, -0.25) is 14.9 Å². The second-order valence-corrected chi connectivity index (χ2v) is 11.3. The molecule has 35 heavy (non-hydrogen) atoms. The summed E-state index contributed by atoms with van der Waals surface area (Å²) in [7, 11) is 1.53. The lowest BCUT2D eigenvalue weighted by atomic mass is 10.1. The van der Waals surface area contributed by atoms with E-state index in [2.05, 4.69) is 20.8 Å². The van der Waals surface area contributed by atoms with E-state index in [4.69, 9.17) is 9.47 Å². The van der Waals surface area contributed by atoms with Gasteiger partial charge < -0.3 is 14.8 Å². The Morgan fingerprint density at radius 3 is 2.77 bits per heavy atom. The lowest BCUT2D eigenvalue weighted by Crippen LogP contribution is -2.23. The number of amides is 2. The Bertz CT molecular complexity index is 1260. The number of anilines is 2. The smallest absolute Gasteiger partial charge is 0.341 e. The van der Waals surface area contributed by atoms with Crippen LogP contribution in [0, 0.1) is 0 Å². The molecule has 1 aromatic carbocycles. The van der Waals surface area contributed by atoms with E-state index in [1.165, 1.54) is 41.5 Å². The number of methoxy groups -OCH3 is 1. The normalized spacial score (nSPS) is 13.1. The number of hydrogen-bond acceptors (Lipinski definition) is 10. The standard InChI is InChI=1S/C23H24N4O5S3/c1-4-32-21(30)17-15-9-6-10-16(15)34-20(17)24-18(28)12(2)33-23-27-26-22(35-23)25-19(29)13-7-5-8-14(11-13)31-3/h5,7-8,11-12H,4,6,9-10H2,1-3H3,(H,24,28)(H,25,26,29). The summed E-state index contributed by atoms with van der Waals surface area (Å²) in [5.41, 5.74) is 1.90. The fraction of sp³-hybridized carbons (Fsp3) is 0.348. The van der Waals surface area contributed by atoms with Gasteiger partial charge in [-0.05, 0) is 56.9 Å². The summed E-state index contributed by atoms with van der Waals surface area (Å²) in [4.78, 5) is 39.0. The molecule has 1 aliphatic carbocycles. The Morgan fingerprint density at radius 1 is 1.17 bits per heavy atom. The van der Waals surface area contributed by atoms with Crippen LogP contribution < -0.4 is 15.4 Å². The van der Waals surface area contributed by atoms with Crippen molar-refractivity contribution in [2.24, 2.45) is 0 Å². The van der Waals surface area contributed by atoms with Crippen LogP contribution in [-0.4, -0.2) is 46.9 Å². The molecule has 2 amide bonds. The van der Waals surface area contributed by atoms with E-state index in [1.807, 2.05) is 0 Å². The zero-order valence-corrected chi connectivity index (χ0v) is 21.8. The second-order valence-electron chi connectivity index (χ2n) is 7.59. The maximum absolute atomic E-state index is 12.9. The van der Waals surface area contributed by atoms with Gasteiger partial charge in [-0.15, -0.1) is 21.5 Å². The number of esters is 1. The van der Waals surface area contributed by atoms with Gasteiger partial charge >= 0.3 is 5.97 Å². The van der Waals surface area contributed by atoms with Crippen LogP contribution in [-0.2, 0) is 22.4 Å². The van der Waals surface area contributed by atoms with Crippen LogP contribution >= 0.6 is 34.4 Å². The molecule has 0 radical (unpaired) electrons. The Kier molecular flexibility index (Phi) is 8.04. The molecule has 1 atom stereocenters. The molecule has 0 saturated heterocycles. The number of carbonyl (C=O) groups excluding carboxylic acids is 3. The van der Waals surface area contributed by atoms with E-state index in [1.54, 1.807) is 38.1 Å². The summed E-state index contributed by atoms with van der Waals surface area (Å²) in [6.07, 6.45) is 2.72. The summed E-state index contributed by atoms with van der Waals surface area (Å²) in [5, 5.41) is 14.1. The monoisotopic (exact) mass is 532 g/mol. The summed E-state index contributed by atoms with van der Waals surface area (Å²) in [6, 6.07) is 6.78. The number of thioether (sulfide) groups is 1. The Hall–Kier alpha value is -2.96. The summed E-state index contributed by atoms with van der Waals surface area (Å²) in [6.45, 7) is 3.79. The number of benzene rings is 1. The number of ether oxygens (including phenoxy) is 2. The number of fused-ring (bicyclic) bond motifs is 1. The van der Waals surface area contributed by atoms with Gasteiger partial charge in [-0.25, -0.2) is 4.79 Å². The fourth-order valence-corrected chi connectivity index (χ4v) is 6.74. The quantitative estimate of drug-likeness (QED) is 0.232. The number of nitrogens with one attached hydrogen (secondary N) is 2. The van der Waals surface area contributed by atoms with Crippen molar-refractivity contribution in [1.29, 1.82) is 0 Å². The molecular formula is C23H24N4O5S3. The lowest BCUT2D eigenvalue weighted by molar-refractivity contribution is -0.115. The van der Waals surface area contributed by atoms with Crippen molar-refractivity contribution in [3.8, 4) is 5.75 Å². The highest BCUT2D eigenvalue weighted by atomic mass is 32.2. The van der Waals surface area contributed by atoms with E-state index >= 15 is 0 Å². The van der Waals surface area contributed by atoms with E-state index < -0.39 is 11.2 Å². The van der Waals surface area contributed by atoms with Crippen molar-refractivity contribution in [3.63, 3.8) is 0 Å². The minimum Gasteiger partial charge on any atom is -0.497 e. The van der Waals surface area contributed by atoms with E-state index in [0.717, 1.165) is 29.7 Å². The van der Waals surface area contributed by atoms with Crippen molar-refractivity contribution < 1.29 is 23.9 Å². The van der Waals surface area contributed by atoms with Crippen molar-refractivity contribution in [2.45, 2.75) is 42.7 Å². The van der Waals surface area contributed by atoms with Crippen LogP contribution in [0.1, 0.15) is 51.4 Å². The van der Waals surface area contributed by atoms with Crippen molar-refractivity contribution in [1.82, 2.24) is 10.2 Å². The highest BCUT2D eigenvalue weighted by Crippen LogP contribution is 2.40. The topological polar surface area (TPSA) is 120 Å². The number of carbonyl (C=O) groups is 3. The summed E-state index contributed by atoms with van der Waals surface area (Å²) in [5.74, 6) is -0.409. The van der Waals surface area contributed by atoms with Gasteiger partial charge in [0.05, 0.1) is 24.5 Å². The predicted molar refractivity (Wildman–Crippen MR) is 137 cm³/mol. The predicted octanol–water partition coefficient (Wildman–Crippen LogP) is 4.65. The molecule has 0 saturated carbocycles. The molecule has 3 aromatic rings. The van der Waals surface area contributed by atoms with Crippen LogP contribution in [0.25, 0.3) is 0 Å². The van der Waals surface area contributed by atoms with Crippen LogP contribution in [0.5, 0.6) is 5.75 Å². The van der Waals surface area contributed by atoms with Gasteiger partial charge in [-0.1, -0.05) is 29.2 Å². The van der Waals surface area contributed by atoms with Crippen molar-refractivity contribution in [2.75, 3.05) is 24.4 Å². The molecule has 0 aliphatic heterocycles. The van der Waals surface area contributed by atoms with Gasteiger partial charge in [0, 0.05) is 10.4 Å². The van der Waals surface area contributed by atoms with Crippen LogP contribution in [0.15, 0.2) is 28.6 Å². The number of nitrogens with zero attached hydrogens (tertiary/aromatic N) is 2. The van der Waals surface area contributed by atoms with Crippen molar-refractivity contribution in [3.05, 3.63) is 45.8 Å². The molecule has 2 N–H and O–H groups in total. The maximum Gasteiger partial charge on any atom is 0.341 e. The highest BCUT2D eigenvalue weighted by Gasteiger charge is 2.29. The first-order valence-corrected chi connectivity index (χ1v) is 13.5. The molecule has 0 fully saturated rings. The third-order valence-corrected chi connectivity index (χ3v) is 8.47. The minimum atomic E-state index is -0.503. The molecule has 1 aliphatic rings. The van der Waals surface area contributed by atoms with E-state index in [-0.39, 0.29) is 18.4 Å². The van der Waals surface area contributed by atoms with Gasteiger partial charge in [0.2, 0.25) is 11.0 Å². The first kappa shape index (κ1) is 25.1. The molecule has 1 unspecified atom stereocenters. The molecule has 2 heterocycles. The van der Waals surface area contributed by atoms with Crippen LogP contribution in [0.3, 0.4) is 0 Å². The Labute approximate surface area is 214 Å². The number of hydrogen-bond donors (Lipinski definition) is 2. The molecule has 0 bridgehead atoms. The largest absolute Gasteiger partial charge is 0.497 e. The highest BCUT2D eigenvalue weighted by molar-refractivity contribution is 8.02. The zero-order chi connectivity index (χ0) is 24.9. The molecule has 2 aromatic heterocycles. The number of aromatic nitrogens is 2. The Morgan fingerprint density at radius 2 is 2.00 bits per heavy atom. The van der Waals surface area contributed by atoms with E-state index in [9.17, 15) is 14.4 Å². The van der Waals surface area contributed by atoms with Crippen molar-refractivity contribution >= 4 is 62.4 Å². The van der Waals surface area contributed by atoms with Gasteiger partial charge in [0.1, 0.15) is 10.8 Å². The summed E-state index contributed by atoms with van der Waals surface area (Å²) >= 11 is 3.85. The average molecular weight is 533 g/mol. The van der Waals surface area contributed by atoms with Gasteiger partial charge in [0.15, 0.2) is 4.34 Å². The third-order valence-electron chi connectivity index (χ3n) is 5.24. The molecular weight excluding hydrogens is 508 g/mol. The SMILES string of the molecule is CCOC(=O)c1c(NC(=O)C(C)Sc2nnc(NC(=O)c3cccc(OC)c3)s2)sc2c1CCC2. The number of aryl methyl sites for hydroxylation is 1. The number of thiophene rings is 1. The first-order valence-electron chi connectivity index (χ1n) is 11.0. The maximum atomic E-state index is 12.9.